The van der Waals surface area contributed by atoms with E-state index in [1.54, 1.807) is 61.7 Å². The fourth-order valence-electron chi connectivity index (χ4n) is 2.61. The van der Waals surface area contributed by atoms with Crippen molar-refractivity contribution in [2.45, 2.75) is 6.04 Å². The molecule has 0 bridgehead atoms. The van der Waals surface area contributed by atoms with Gasteiger partial charge >= 0.3 is 0 Å². The van der Waals surface area contributed by atoms with Gasteiger partial charge in [0.05, 0.1) is 18.0 Å². The largest absolute Gasteiger partial charge is 0.547 e. The fraction of sp³-hybridized carbons (Fsp3) is 0.105. The predicted molar refractivity (Wildman–Crippen MR) is 102 cm³/mol. The van der Waals surface area contributed by atoms with Crippen molar-refractivity contribution in [2.75, 3.05) is 7.11 Å². The highest BCUT2D eigenvalue weighted by Gasteiger charge is 2.38. The normalized spacial score (nSPS) is 16.8. The molecule has 2 aromatic rings. The van der Waals surface area contributed by atoms with E-state index >= 15 is 0 Å². The fourth-order valence-corrected chi connectivity index (χ4v) is 3.92. The van der Waals surface area contributed by atoms with E-state index in [0.717, 1.165) is 22.2 Å². The molecule has 1 aliphatic heterocycles. The minimum atomic E-state index is -1.38. The third-order valence-corrected chi connectivity index (χ3v) is 5.14. The summed E-state index contributed by atoms with van der Waals surface area (Å²) in [6, 6.07) is 14.4. The number of methoxy groups -OCH3 is 1. The summed E-state index contributed by atoms with van der Waals surface area (Å²) >= 11 is 6.33. The van der Waals surface area contributed by atoms with Crippen molar-refractivity contribution in [3.8, 4) is 5.75 Å². The number of hydrogen-bond acceptors (Lipinski definition) is 6. The van der Waals surface area contributed by atoms with Crippen molar-refractivity contribution < 1.29 is 19.4 Å². The van der Waals surface area contributed by atoms with Crippen molar-refractivity contribution >= 4 is 46.3 Å². The topological polar surface area (TPSA) is 69.7 Å². The Kier molecular flexibility index (Phi) is 5.39. The Labute approximate surface area is 160 Å². The first-order valence-corrected chi connectivity index (χ1v) is 8.90. The van der Waals surface area contributed by atoms with Crippen molar-refractivity contribution in [1.82, 2.24) is 4.90 Å². The van der Waals surface area contributed by atoms with E-state index < -0.39 is 17.9 Å². The molecule has 132 valence electrons. The van der Waals surface area contributed by atoms with Crippen LogP contribution >= 0.6 is 24.0 Å². The lowest BCUT2D eigenvalue weighted by molar-refractivity contribution is -0.310. The second-order valence-electron chi connectivity index (χ2n) is 5.46. The molecule has 0 spiro atoms. The average Bonchev–Trinajstić information content (AvgIpc) is 2.90. The van der Waals surface area contributed by atoms with Crippen LogP contribution < -0.4 is 9.84 Å². The number of carboxylic acid groups (broad SMARTS) is 1. The lowest BCUT2D eigenvalue weighted by atomic mass is 10.1. The number of aliphatic carboxylic acids is 1. The second kappa shape index (κ2) is 7.72. The van der Waals surface area contributed by atoms with Crippen molar-refractivity contribution in [3.63, 3.8) is 0 Å². The van der Waals surface area contributed by atoms with Crippen molar-refractivity contribution in [1.29, 1.82) is 0 Å². The van der Waals surface area contributed by atoms with Gasteiger partial charge in [-0.05, 0) is 29.3 Å². The zero-order chi connectivity index (χ0) is 18.7. The lowest BCUT2D eigenvalue weighted by Crippen LogP contribution is -2.43. The number of hydrogen-bond donors (Lipinski definition) is 0. The maximum absolute atomic E-state index is 12.8. The Morgan fingerprint density at radius 1 is 1.23 bits per heavy atom. The first-order chi connectivity index (χ1) is 12.5. The zero-order valence-electron chi connectivity index (χ0n) is 13.7. The highest BCUT2D eigenvalue weighted by atomic mass is 32.2. The van der Waals surface area contributed by atoms with Crippen LogP contribution in [0, 0.1) is 0 Å². The van der Waals surface area contributed by atoms with E-state index in [1.807, 2.05) is 6.07 Å². The molecule has 1 atom stereocenters. The van der Waals surface area contributed by atoms with Crippen molar-refractivity contribution in [3.05, 3.63) is 70.6 Å². The standard InChI is InChI=1S/C19H15NO4S2/c1-24-14-9-5-6-12(10-14)11-15-17(21)20(19(25)26-15)16(18(22)23)13-7-3-2-4-8-13/h2-11,16H,1H3,(H,22,23)/p-1/b15-11+/t16-/m1/s1. The number of carbonyl (C=O) groups is 2. The van der Waals surface area contributed by atoms with Gasteiger partial charge in [-0.25, -0.2) is 0 Å². The molecule has 5 nitrogen and oxygen atoms in total. The average molecular weight is 384 g/mol. The van der Waals surface area contributed by atoms with Crippen LogP contribution in [0.2, 0.25) is 0 Å². The van der Waals surface area contributed by atoms with Gasteiger partial charge < -0.3 is 14.6 Å². The number of carbonyl (C=O) groups excluding carboxylic acids is 2. The second-order valence-corrected chi connectivity index (χ2v) is 7.14. The molecule has 0 aliphatic carbocycles. The maximum Gasteiger partial charge on any atom is 0.267 e. The number of rotatable bonds is 5. The van der Waals surface area contributed by atoms with Gasteiger partial charge in [0.2, 0.25) is 0 Å². The van der Waals surface area contributed by atoms with Crippen LogP contribution in [0.1, 0.15) is 17.2 Å². The summed E-state index contributed by atoms with van der Waals surface area (Å²) in [7, 11) is 1.56. The summed E-state index contributed by atoms with van der Waals surface area (Å²) in [6.07, 6.45) is 1.67. The zero-order valence-corrected chi connectivity index (χ0v) is 15.4. The third-order valence-electron chi connectivity index (χ3n) is 3.81. The van der Waals surface area contributed by atoms with Crippen LogP contribution in [-0.4, -0.2) is 28.2 Å². The number of thiocarbonyl (C=S) groups is 1. The predicted octanol–water partition coefficient (Wildman–Crippen LogP) is 2.39. The molecular weight excluding hydrogens is 370 g/mol. The van der Waals surface area contributed by atoms with Crippen LogP contribution in [0.25, 0.3) is 6.08 Å². The maximum atomic E-state index is 12.8. The van der Waals surface area contributed by atoms with E-state index in [-0.39, 0.29) is 4.32 Å². The molecule has 1 amide bonds. The molecule has 0 N–H and O–H groups in total. The molecule has 0 radical (unpaired) electrons. The molecule has 3 rings (SSSR count). The summed E-state index contributed by atoms with van der Waals surface area (Å²) < 4.78 is 5.36. The van der Waals surface area contributed by atoms with Crippen LogP contribution in [0.4, 0.5) is 0 Å². The van der Waals surface area contributed by atoms with Gasteiger partial charge in [0, 0.05) is 0 Å². The Morgan fingerprint density at radius 3 is 2.62 bits per heavy atom. The minimum absolute atomic E-state index is 0.183. The van der Waals surface area contributed by atoms with E-state index in [0.29, 0.717) is 16.2 Å². The summed E-state index contributed by atoms with van der Waals surface area (Å²) in [4.78, 5) is 26.0. The van der Waals surface area contributed by atoms with Gasteiger partial charge in [0.25, 0.3) is 5.91 Å². The number of benzene rings is 2. The van der Waals surface area contributed by atoms with Gasteiger partial charge in [-0.2, -0.15) is 0 Å². The molecule has 1 saturated heterocycles. The van der Waals surface area contributed by atoms with Gasteiger partial charge in [-0.15, -0.1) is 0 Å². The highest BCUT2D eigenvalue weighted by Crippen LogP contribution is 2.38. The first-order valence-electron chi connectivity index (χ1n) is 7.68. The molecule has 2 aromatic carbocycles. The van der Waals surface area contributed by atoms with Crippen LogP contribution in [0.5, 0.6) is 5.75 Å². The van der Waals surface area contributed by atoms with E-state index in [2.05, 4.69) is 0 Å². The summed E-state index contributed by atoms with van der Waals surface area (Å²) in [5.41, 5.74) is 1.20. The molecule has 0 saturated carbocycles. The van der Waals surface area contributed by atoms with Crippen LogP contribution in [-0.2, 0) is 9.59 Å². The van der Waals surface area contributed by atoms with Gasteiger partial charge in [0.15, 0.2) is 0 Å². The highest BCUT2D eigenvalue weighted by molar-refractivity contribution is 8.26. The molecule has 1 aliphatic rings. The SMILES string of the molecule is COc1cccc(/C=C2/SC(=S)N([C@@H](C(=O)[O-])c3ccccc3)C2=O)c1. The Balaban J connectivity index is 1.95. The van der Waals surface area contributed by atoms with Gasteiger partial charge in [0.1, 0.15) is 16.1 Å². The molecule has 1 fully saturated rings. The number of thioether (sulfide) groups is 1. The molecular formula is C19H14NO4S2-. The Hall–Kier alpha value is -2.64. The van der Waals surface area contributed by atoms with E-state index in [1.165, 1.54) is 0 Å². The first kappa shape index (κ1) is 18.2. The van der Waals surface area contributed by atoms with Crippen LogP contribution in [0.3, 0.4) is 0 Å². The van der Waals surface area contributed by atoms with E-state index in [4.69, 9.17) is 17.0 Å². The number of carboxylic acids is 1. The Morgan fingerprint density at radius 2 is 1.96 bits per heavy atom. The number of ether oxygens (including phenoxy) is 1. The lowest BCUT2D eigenvalue weighted by Gasteiger charge is -2.27. The molecule has 0 aromatic heterocycles. The van der Waals surface area contributed by atoms with E-state index in [9.17, 15) is 14.7 Å². The summed E-state index contributed by atoms with van der Waals surface area (Å²) in [6.45, 7) is 0. The molecule has 7 heteroatoms. The quantitative estimate of drug-likeness (QED) is 0.582. The Bertz CT molecular complexity index is 895. The monoisotopic (exact) mass is 384 g/mol. The van der Waals surface area contributed by atoms with Crippen LogP contribution in [0.15, 0.2) is 59.5 Å². The molecule has 0 unspecified atom stereocenters. The summed E-state index contributed by atoms with van der Waals surface area (Å²) in [5, 5.41) is 11.7. The molecule has 1 heterocycles. The summed E-state index contributed by atoms with van der Waals surface area (Å²) in [5.74, 6) is -1.18. The smallest absolute Gasteiger partial charge is 0.267 e. The van der Waals surface area contributed by atoms with Crippen molar-refractivity contribution in [2.24, 2.45) is 0 Å². The minimum Gasteiger partial charge on any atom is -0.547 e. The number of amides is 1. The molecule has 26 heavy (non-hydrogen) atoms. The van der Waals surface area contributed by atoms with Gasteiger partial charge in [-0.1, -0.05) is 66.4 Å². The number of nitrogens with zero attached hydrogens (tertiary/aromatic N) is 1. The van der Waals surface area contributed by atoms with Gasteiger partial charge in [-0.3, -0.25) is 9.69 Å². The third kappa shape index (κ3) is 3.63.